The molecule has 1 amide bonds. The highest BCUT2D eigenvalue weighted by atomic mass is 19.1. The van der Waals surface area contributed by atoms with E-state index in [1.165, 1.54) is 0 Å². The number of benzene rings is 2. The maximum Gasteiger partial charge on any atom is 0.410 e. The van der Waals surface area contributed by atoms with Crippen LogP contribution < -0.4 is 0 Å². The Kier molecular flexibility index (Phi) is 7.28. The molecule has 0 spiro atoms. The lowest BCUT2D eigenvalue weighted by Gasteiger charge is -2.37. The van der Waals surface area contributed by atoms with Crippen LogP contribution in [0.25, 0.3) is 10.9 Å². The summed E-state index contributed by atoms with van der Waals surface area (Å²) >= 11 is 0. The predicted molar refractivity (Wildman–Crippen MR) is 140 cm³/mol. The topological polar surface area (TPSA) is 47.4 Å². The van der Waals surface area contributed by atoms with Gasteiger partial charge in [0.25, 0.3) is 0 Å². The molecular formula is C30H31F2N3O2. The molecule has 2 aromatic carbocycles. The zero-order chi connectivity index (χ0) is 26.8. The number of nitrogens with zero attached hydrogens (tertiary/aromatic N) is 3. The van der Waals surface area contributed by atoms with Gasteiger partial charge in [0, 0.05) is 47.6 Å². The van der Waals surface area contributed by atoms with Crippen LogP contribution in [0.4, 0.5) is 13.6 Å². The van der Waals surface area contributed by atoms with E-state index in [0.717, 1.165) is 42.0 Å². The molecule has 7 heteroatoms. The first kappa shape index (κ1) is 26.2. The minimum absolute atomic E-state index is 0.158. The second-order valence-corrected chi connectivity index (χ2v) is 10.8. The minimum Gasteiger partial charge on any atom is -0.444 e. The highest BCUT2D eigenvalue weighted by Gasteiger charge is 2.34. The minimum atomic E-state index is -0.636. The van der Waals surface area contributed by atoms with Gasteiger partial charge in [0.05, 0.1) is 11.6 Å². The number of terminal acetylenes is 1. The van der Waals surface area contributed by atoms with E-state index in [-0.39, 0.29) is 23.5 Å². The summed E-state index contributed by atoms with van der Waals surface area (Å²) in [6, 6.07) is 8.36. The smallest absolute Gasteiger partial charge is 0.410 e. The molecular weight excluding hydrogens is 472 g/mol. The summed E-state index contributed by atoms with van der Waals surface area (Å²) in [5.41, 5.74) is 0.699. The third-order valence-electron chi connectivity index (χ3n) is 6.33. The molecule has 1 aliphatic heterocycles. The molecule has 0 aliphatic carbocycles. The molecule has 1 aromatic heterocycles. The summed E-state index contributed by atoms with van der Waals surface area (Å²) in [5.74, 6) is 8.09. The number of hydrogen-bond donors (Lipinski definition) is 0. The Bertz CT molecular complexity index is 1420. The number of carbonyl (C=O) groups is 1. The summed E-state index contributed by atoms with van der Waals surface area (Å²) < 4.78 is 35.5. The maximum absolute atomic E-state index is 14.5. The molecule has 4 rings (SSSR count). The molecule has 0 bridgehead atoms. The van der Waals surface area contributed by atoms with E-state index >= 15 is 0 Å². The molecule has 0 N–H and O–H groups in total. The van der Waals surface area contributed by atoms with E-state index in [0.29, 0.717) is 18.6 Å². The average molecular weight is 504 g/mol. The number of ether oxygens (including phenoxy) is 1. The van der Waals surface area contributed by atoms with Crippen molar-refractivity contribution in [1.29, 1.82) is 0 Å². The fourth-order valence-electron chi connectivity index (χ4n) is 4.55. The third kappa shape index (κ3) is 6.30. The van der Waals surface area contributed by atoms with Crippen molar-refractivity contribution in [3.63, 3.8) is 0 Å². The zero-order valence-electron chi connectivity index (χ0n) is 21.6. The second-order valence-electron chi connectivity index (χ2n) is 10.8. The Morgan fingerprint density at radius 3 is 2.76 bits per heavy atom. The van der Waals surface area contributed by atoms with Crippen LogP contribution in [-0.4, -0.2) is 39.5 Å². The first-order valence-corrected chi connectivity index (χ1v) is 12.3. The molecule has 1 aliphatic rings. The van der Waals surface area contributed by atoms with Crippen molar-refractivity contribution >= 4 is 17.0 Å². The van der Waals surface area contributed by atoms with Gasteiger partial charge in [0.15, 0.2) is 0 Å². The summed E-state index contributed by atoms with van der Waals surface area (Å²) in [6.07, 6.45) is 8.88. The molecule has 3 aromatic rings. The largest absolute Gasteiger partial charge is 0.444 e. The van der Waals surface area contributed by atoms with Gasteiger partial charge in [-0.15, -0.1) is 12.3 Å². The van der Waals surface area contributed by atoms with Crippen LogP contribution >= 0.6 is 0 Å². The SMILES string of the molecule is C#CCC(c1cc(F)ccc1F)n1cc2ccc(C#CC3(C)CCCN(C(=O)OC(C)(C)C)C3)cc2n1. The number of piperidine rings is 1. The van der Waals surface area contributed by atoms with Crippen LogP contribution in [0.15, 0.2) is 42.6 Å². The quantitative estimate of drug-likeness (QED) is 0.393. The van der Waals surface area contributed by atoms with Crippen LogP contribution in [0.2, 0.25) is 0 Å². The standard InChI is InChI=1S/C30H31F2N3O2/c1-6-8-27(24-18-23(31)11-12-25(24)32)35-19-22-10-9-21(17-26(22)33-35)13-15-30(5)14-7-16-34(20-30)28(36)37-29(2,3)4/h1,9-12,17-19,27H,7-8,14,16,20H2,2-5H3. The Morgan fingerprint density at radius 1 is 1.24 bits per heavy atom. The number of halogens is 2. The first-order valence-electron chi connectivity index (χ1n) is 12.3. The van der Waals surface area contributed by atoms with Gasteiger partial charge in [-0.3, -0.25) is 4.68 Å². The first-order chi connectivity index (χ1) is 17.5. The normalized spacial score (nSPS) is 18.6. The van der Waals surface area contributed by atoms with E-state index in [2.05, 4.69) is 29.8 Å². The summed E-state index contributed by atoms with van der Waals surface area (Å²) in [5, 5.41) is 5.45. The highest BCUT2D eigenvalue weighted by molar-refractivity contribution is 5.79. The predicted octanol–water partition coefficient (Wildman–Crippen LogP) is 6.32. The van der Waals surface area contributed by atoms with Gasteiger partial charge in [-0.25, -0.2) is 13.6 Å². The molecule has 37 heavy (non-hydrogen) atoms. The van der Waals surface area contributed by atoms with Gasteiger partial charge in [-0.1, -0.05) is 11.8 Å². The average Bonchev–Trinajstić information content (AvgIpc) is 3.25. The zero-order valence-corrected chi connectivity index (χ0v) is 21.6. The molecule has 2 heterocycles. The molecule has 2 unspecified atom stereocenters. The van der Waals surface area contributed by atoms with Crippen molar-refractivity contribution < 1.29 is 18.3 Å². The van der Waals surface area contributed by atoms with Crippen molar-refractivity contribution in [3.8, 4) is 24.2 Å². The lowest BCUT2D eigenvalue weighted by Crippen LogP contribution is -2.46. The second kappa shape index (κ2) is 10.3. The molecule has 192 valence electrons. The van der Waals surface area contributed by atoms with Crippen LogP contribution in [-0.2, 0) is 4.74 Å². The van der Waals surface area contributed by atoms with E-state index in [9.17, 15) is 13.6 Å². The number of fused-ring (bicyclic) bond motifs is 1. The third-order valence-corrected chi connectivity index (χ3v) is 6.33. The lowest BCUT2D eigenvalue weighted by molar-refractivity contribution is 0.0129. The van der Waals surface area contributed by atoms with Crippen LogP contribution in [0, 0.1) is 41.2 Å². The van der Waals surface area contributed by atoms with Crippen molar-refractivity contribution in [2.45, 2.75) is 58.6 Å². The highest BCUT2D eigenvalue weighted by Crippen LogP contribution is 2.30. The van der Waals surface area contributed by atoms with Crippen LogP contribution in [0.5, 0.6) is 0 Å². The number of aromatic nitrogens is 2. The lowest BCUT2D eigenvalue weighted by atomic mass is 9.82. The molecule has 0 radical (unpaired) electrons. The van der Waals surface area contributed by atoms with Gasteiger partial charge in [-0.2, -0.15) is 5.10 Å². The van der Waals surface area contributed by atoms with Crippen molar-refractivity contribution in [1.82, 2.24) is 14.7 Å². The summed E-state index contributed by atoms with van der Waals surface area (Å²) in [7, 11) is 0. The van der Waals surface area contributed by atoms with Crippen molar-refractivity contribution in [2.75, 3.05) is 13.1 Å². The Hall–Kier alpha value is -3.84. The van der Waals surface area contributed by atoms with Gasteiger partial charge < -0.3 is 9.64 Å². The fourth-order valence-corrected chi connectivity index (χ4v) is 4.55. The number of hydrogen-bond acceptors (Lipinski definition) is 3. The van der Waals surface area contributed by atoms with Crippen LogP contribution in [0.1, 0.15) is 64.1 Å². The monoisotopic (exact) mass is 503 g/mol. The Balaban J connectivity index is 1.57. The molecule has 0 saturated carbocycles. The van der Waals surface area contributed by atoms with Crippen LogP contribution in [0.3, 0.4) is 0 Å². The number of amides is 1. The van der Waals surface area contributed by atoms with Gasteiger partial charge in [0.1, 0.15) is 17.2 Å². The van der Waals surface area contributed by atoms with E-state index < -0.39 is 23.3 Å². The Labute approximate surface area is 216 Å². The molecule has 1 saturated heterocycles. The maximum atomic E-state index is 14.5. The molecule has 5 nitrogen and oxygen atoms in total. The van der Waals surface area contributed by atoms with E-state index in [1.54, 1.807) is 15.8 Å². The van der Waals surface area contributed by atoms with Gasteiger partial charge >= 0.3 is 6.09 Å². The fraction of sp³-hybridized carbons (Fsp3) is 0.400. The number of likely N-dealkylation sites (tertiary alicyclic amines) is 1. The molecule has 2 atom stereocenters. The van der Waals surface area contributed by atoms with Gasteiger partial charge in [-0.05, 0) is 76.9 Å². The van der Waals surface area contributed by atoms with Crippen molar-refractivity contribution in [3.05, 3.63) is 65.4 Å². The van der Waals surface area contributed by atoms with E-state index in [4.69, 9.17) is 11.2 Å². The van der Waals surface area contributed by atoms with E-state index in [1.807, 2.05) is 39.0 Å². The summed E-state index contributed by atoms with van der Waals surface area (Å²) in [4.78, 5) is 14.3. The number of rotatable bonds is 3. The van der Waals surface area contributed by atoms with Gasteiger partial charge in [0.2, 0.25) is 0 Å². The molecule has 1 fully saturated rings. The number of carbonyl (C=O) groups excluding carboxylic acids is 1. The van der Waals surface area contributed by atoms with Crippen molar-refractivity contribution in [2.24, 2.45) is 5.41 Å². The Morgan fingerprint density at radius 2 is 2.03 bits per heavy atom. The summed E-state index contributed by atoms with van der Waals surface area (Å²) in [6.45, 7) is 8.78.